The molecule has 4 saturated heterocycles. The molecule has 2 aromatic carbocycles. The molecule has 0 spiro atoms. The third-order valence-electron chi connectivity index (χ3n) is 16.1. The fourth-order valence-corrected chi connectivity index (χ4v) is 11.6. The number of rotatable bonds is 18. The number of ether oxygens (including phenoxy) is 8. The second-order valence-electron chi connectivity index (χ2n) is 21.6. The van der Waals surface area contributed by atoms with Crippen molar-refractivity contribution in [2.75, 3.05) is 32.9 Å². The number of hydrogen-bond acceptors (Lipinski definition) is 20. The predicted molar refractivity (Wildman–Crippen MR) is 261 cm³/mol. The molecule has 4 aliphatic heterocycles. The molecule has 5 heterocycles. The predicted octanol–water partition coefficient (Wildman–Crippen LogP) is 1.26. The van der Waals surface area contributed by atoms with Crippen LogP contribution in [0.4, 0.5) is 13.2 Å². The minimum atomic E-state index is -1.74. The van der Waals surface area contributed by atoms with Crippen molar-refractivity contribution in [3.8, 4) is 11.3 Å². The molecule has 78 heavy (non-hydrogen) atoms. The average molecular weight is 1110 g/mol. The topological polar surface area (TPSA) is 304 Å². The monoisotopic (exact) mass is 1110 g/mol. The standard InChI is InChI=1S/C53H71F3N4O18/c1-25-16-28(24-71-51-43(66)39(41(64)36(22-61)75-51)60-21-33(57-58-60)30-19-31(54)38(56)32(55)20-30)18-34(46(25)78-52-45(68)44(67)40(63)26(2)72-52)74-53-48(77-50(70)29-12-7-4-8-13-29)47(42(65)37(23-62)76-53)73-35(49(69)59-14-9-15-59)17-27-10-5-3-6-11-27/h4,7-8,12-13,19-21,25-28,34-37,39-48,51-53,61-68H,3,5-6,9-11,14-18,22-24H2,1-2H3/t25?,26?,28?,34-,35+,36?,37?,39?,40-,41-,42+,43?,44?,45?,46?,47?,48-,51+,52+,53-/m1/s1. The SMILES string of the molecule is CC1CC(CO[C@H]2OC(CO)[C@@H](O)C(n3cc(-c4cc(F)c(F)c(F)c4)nn3)C2O)C[C@@H](O[C@@H]2OC(CO)[C@H](O)C(O[C@@H](CC3CCCCC3)C(=O)N3CCC3)[C@H]2OC(=O)c2ccccc2)C1O[C@@H]1OC(C)[C@@H](O)C(O)C1O. The zero-order valence-corrected chi connectivity index (χ0v) is 43.2. The van der Waals surface area contributed by atoms with Gasteiger partial charge in [0.15, 0.2) is 42.4 Å². The maximum absolute atomic E-state index is 14.2. The molecule has 11 unspecified atom stereocenters. The molecule has 1 aromatic heterocycles. The summed E-state index contributed by atoms with van der Waals surface area (Å²) in [6, 6.07) is 7.98. The number of carbonyl (C=O) groups is 2. The van der Waals surface area contributed by atoms with Gasteiger partial charge in [0.05, 0.1) is 49.9 Å². The highest BCUT2D eigenvalue weighted by molar-refractivity contribution is 5.89. The lowest BCUT2D eigenvalue weighted by molar-refractivity contribution is -0.350. The van der Waals surface area contributed by atoms with E-state index in [0.29, 0.717) is 31.6 Å². The highest BCUT2D eigenvalue weighted by Gasteiger charge is 2.54. The largest absolute Gasteiger partial charge is 0.450 e. The van der Waals surface area contributed by atoms with Crippen LogP contribution in [0, 0.1) is 35.2 Å². The number of carbonyl (C=O) groups excluding carboxylic acids is 2. The molecular formula is C53H71F3N4O18. The van der Waals surface area contributed by atoms with Gasteiger partial charge in [-0.15, -0.1) is 5.10 Å². The lowest BCUT2D eigenvalue weighted by Gasteiger charge is -2.49. The van der Waals surface area contributed by atoms with Gasteiger partial charge in [-0.2, -0.15) is 0 Å². The number of aliphatic hydroxyl groups excluding tert-OH is 8. The summed E-state index contributed by atoms with van der Waals surface area (Å²) in [7, 11) is 0. The van der Waals surface area contributed by atoms with E-state index in [1.165, 1.54) is 19.1 Å². The first-order valence-electron chi connectivity index (χ1n) is 26.9. The minimum absolute atomic E-state index is 0.00289. The van der Waals surface area contributed by atoms with E-state index in [-0.39, 0.29) is 48.1 Å². The number of benzene rings is 2. The third-order valence-corrected chi connectivity index (χ3v) is 16.1. The second-order valence-corrected chi connectivity index (χ2v) is 21.6. The molecular weight excluding hydrogens is 1040 g/mol. The Morgan fingerprint density at radius 3 is 2.08 bits per heavy atom. The summed E-state index contributed by atoms with van der Waals surface area (Å²) < 4.78 is 93.7. The van der Waals surface area contributed by atoms with Gasteiger partial charge in [-0.1, -0.05) is 62.4 Å². The van der Waals surface area contributed by atoms with E-state index in [1.807, 2.05) is 0 Å². The van der Waals surface area contributed by atoms with Crippen molar-refractivity contribution in [3.63, 3.8) is 0 Å². The van der Waals surface area contributed by atoms with Gasteiger partial charge in [-0.25, -0.2) is 22.6 Å². The quantitative estimate of drug-likeness (QED) is 0.0657. The van der Waals surface area contributed by atoms with Crippen LogP contribution in [0.3, 0.4) is 0 Å². The summed E-state index contributed by atoms with van der Waals surface area (Å²) in [4.78, 5) is 30.0. The van der Waals surface area contributed by atoms with Crippen molar-refractivity contribution in [3.05, 3.63) is 71.7 Å². The van der Waals surface area contributed by atoms with E-state index < -0.39 is 159 Å². The van der Waals surface area contributed by atoms with Crippen molar-refractivity contribution in [2.45, 2.75) is 182 Å². The molecule has 0 radical (unpaired) electrons. The second kappa shape index (κ2) is 25.7. The van der Waals surface area contributed by atoms with Crippen molar-refractivity contribution >= 4 is 11.9 Å². The van der Waals surface area contributed by atoms with Gasteiger partial charge < -0.3 is 83.6 Å². The molecule has 432 valence electrons. The molecule has 2 saturated carbocycles. The van der Waals surface area contributed by atoms with Crippen LogP contribution in [0.1, 0.15) is 88.0 Å². The van der Waals surface area contributed by atoms with Crippen LogP contribution < -0.4 is 0 Å². The van der Waals surface area contributed by atoms with Crippen molar-refractivity contribution in [2.24, 2.45) is 17.8 Å². The smallest absolute Gasteiger partial charge is 0.338 e. The summed E-state index contributed by atoms with van der Waals surface area (Å²) in [6.07, 6.45) is -17.4. The van der Waals surface area contributed by atoms with Crippen molar-refractivity contribution in [1.29, 1.82) is 0 Å². The van der Waals surface area contributed by atoms with E-state index in [2.05, 4.69) is 10.3 Å². The fourth-order valence-electron chi connectivity index (χ4n) is 11.6. The Labute approximate surface area is 447 Å². The molecule has 20 atom stereocenters. The Bertz CT molecular complexity index is 2440. The molecule has 25 heteroatoms. The lowest BCUT2D eigenvalue weighted by atomic mass is 9.78. The van der Waals surface area contributed by atoms with Crippen LogP contribution in [0.5, 0.6) is 0 Å². The Morgan fingerprint density at radius 1 is 0.731 bits per heavy atom. The molecule has 22 nitrogen and oxygen atoms in total. The Hall–Kier alpha value is -4.29. The zero-order chi connectivity index (χ0) is 55.5. The molecule has 0 bridgehead atoms. The highest BCUT2D eigenvalue weighted by Crippen LogP contribution is 2.41. The van der Waals surface area contributed by atoms with Crippen molar-refractivity contribution < 1.29 is 102 Å². The Kier molecular flexibility index (Phi) is 19.2. The van der Waals surface area contributed by atoms with Crippen LogP contribution >= 0.6 is 0 Å². The van der Waals surface area contributed by atoms with E-state index in [0.717, 1.165) is 49.4 Å². The van der Waals surface area contributed by atoms with Crippen molar-refractivity contribution in [1.82, 2.24) is 19.9 Å². The molecule has 2 aliphatic carbocycles. The number of esters is 1. The molecule has 9 rings (SSSR count). The van der Waals surface area contributed by atoms with Gasteiger partial charge in [-0.3, -0.25) is 4.79 Å². The number of nitrogens with zero attached hydrogens (tertiary/aromatic N) is 4. The first-order valence-corrected chi connectivity index (χ1v) is 26.9. The minimum Gasteiger partial charge on any atom is -0.450 e. The Morgan fingerprint density at radius 2 is 1.41 bits per heavy atom. The Balaban J connectivity index is 1.00. The maximum Gasteiger partial charge on any atom is 0.338 e. The van der Waals surface area contributed by atoms with Gasteiger partial charge in [0.2, 0.25) is 0 Å². The van der Waals surface area contributed by atoms with Crippen LogP contribution in [-0.4, -0.2) is 210 Å². The summed E-state index contributed by atoms with van der Waals surface area (Å²) in [5, 5.41) is 96.5. The average Bonchev–Trinajstić information content (AvgIpc) is 4.00. The highest BCUT2D eigenvalue weighted by atomic mass is 19.2. The first-order chi connectivity index (χ1) is 37.4. The lowest BCUT2D eigenvalue weighted by Crippen LogP contribution is -2.64. The van der Waals surface area contributed by atoms with E-state index in [4.69, 9.17) is 37.9 Å². The van der Waals surface area contributed by atoms with E-state index in [1.54, 1.807) is 30.0 Å². The van der Waals surface area contributed by atoms with E-state index in [9.17, 15) is 63.6 Å². The number of halogens is 3. The summed E-state index contributed by atoms with van der Waals surface area (Å²) in [5.41, 5.74) is -0.210. The molecule has 1 amide bonds. The van der Waals surface area contributed by atoms with Crippen LogP contribution in [0.2, 0.25) is 0 Å². The summed E-state index contributed by atoms with van der Waals surface area (Å²) >= 11 is 0. The number of aromatic nitrogens is 3. The van der Waals surface area contributed by atoms with E-state index >= 15 is 0 Å². The van der Waals surface area contributed by atoms with Crippen LogP contribution in [-0.2, 0) is 42.7 Å². The van der Waals surface area contributed by atoms with Gasteiger partial charge in [0.25, 0.3) is 5.91 Å². The molecule has 8 N–H and O–H groups in total. The first kappa shape index (κ1) is 58.4. The summed E-state index contributed by atoms with van der Waals surface area (Å²) in [6.45, 7) is 2.58. The van der Waals surface area contributed by atoms with Crippen LogP contribution in [0.25, 0.3) is 11.3 Å². The fraction of sp³-hybridized carbons (Fsp3) is 0.698. The van der Waals surface area contributed by atoms with Gasteiger partial charge in [-0.05, 0) is 74.6 Å². The van der Waals surface area contributed by atoms with Crippen LogP contribution in [0.15, 0.2) is 48.7 Å². The molecule has 6 fully saturated rings. The summed E-state index contributed by atoms with van der Waals surface area (Å²) in [5.74, 6) is -6.75. The van der Waals surface area contributed by atoms with Gasteiger partial charge in [0, 0.05) is 18.7 Å². The molecule has 3 aromatic rings. The molecule has 6 aliphatic rings. The zero-order valence-electron chi connectivity index (χ0n) is 43.2. The van der Waals surface area contributed by atoms with Gasteiger partial charge in [0.1, 0.15) is 72.8 Å². The maximum atomic E-state index is 14.2. The number of hydrogen-bond donors (Lipinski definition) is 8. The number of amides is 1. The third kappa shape index (κ3) is 12.7. The normalized spacial score (nSPS) is 37.1. The number of likely N-dealkylation sites (tertiary alicyclic amines) is 1. The number of aliphatic hydroxyl groups is 8. The van der Waals surface area contributed by atoms with Gasteiger partial charge >= 0.3 is 5.97 Å².